The minimum Gasteiger partial charge on any atom is -0.493 e. The highest BCUT2D eigenvalue weighted by Gasteiger charge is 2.12. The molecule has 130 valence electrons. The molecule has 1 amide bonds. The second-order valence-corrected chi connectivity index (χ2v) is 5.91. The first kappa shape index (κ1) is 17.8. The Bertz CT molecular complexity index is 680. The highest BCUT2D eigenvalue weighted by molar-refractivity contribution is 5.94. The summed E-state index contributed by atoms with van der Waals surface area (Å²) < 4.78 is 12.8. The lowest BCUT2D eigenvalue weighted by molar-refractivity contribution is 0.0949. The van der Waals surface area contributed by atoms with E-state index in [4.69, 9.17) is 9.47 Å². The summed E-state index contributed by atoms with van der Waals surface area (Å²) in [4.78, 5) is 16.5. The molecule has 2 rings (SSSR count). The maximum absolute atomic E-state index is 12.4. The van der Waals surface area contributed by atoms with E-state index in [1.807, 2.05) is 6.92 Å². The van der Waals surface area contributed by atoms with Gasteiger partial charge in [-0.15, -0.1) is 0 Å². The Labute approximate surface area is 142 Å². The Morgan fingerprint density at radius 3 is 2.79 bits per heavy atom. The molecule has 6 nitrogen and oxygen atoms in total. The van der Waals surface area contributed by atoms with Crippen molar-refractivity contribution in [1.82, 2.24) is 14.9 Å². The van der Waals surface area contributed by atoms with Crippen LogP contribution in [-0.4, -0.2) is 29.2 Å². The van der Waals surface area contributed by atoms with Gasteiger partial charge in [0.25, 0.3) is 5.91 Å². The number of carbonyl (C=O) groups is 1. The third-order valence-corrected chi connectivity index (χ3v) is 3.52. The molecule has 0 fully saturated rings. The largest absolute Gasteiger partial charge is 0.493 e. The van der Waals surface area contributed by atoms with E-state index in [9.17, 15) is 4.79 Å². The maximum Gasteiger partial charge on any atom is 0.251 e. The molecule has 0 aliphatic carbocycles. The van der Waals surface area contributed by atoms with Crippen molar-refractivity contribution in [3.8, 4) is 11.5 Å². The van der Waals surface area contributed by atoms with Gasteiger partial charge in [0.15, 0.2) is 11.5 Å². The summed E-state index contributed by atoms with van der Waals surface area (Å²) in [7, 11) is 1.56. The van der Waals surface area contributed by atoms with Gasteiger partial charge in [0, 0.05) is 18.3 Å². The smallest absolute Gasteiger partial charge is 0.251 e. The quantitative estimate of drug-likeness (QED) is 0.808. The van der Waals surface area contributed by atoms with Crippen LogP contribution in [0.25, 0.3) is 0 Å². The maximum atomic E-state index is 12.4. The summed E-state index contributed by atoms with van der Waals surface area (Å²) in [5.41, 5.74) is 1.51. The molecule has 0 atom stereocenters. The van der Waals surface area contributed by atoms with Gasteiger partial charge >= 0.3 is 0 Å². The molecule has 0 radical (unpaired) electrons. The SMILES string of the molecule is CCOc1ccc(C(=O)NCc2cncn2CC(C)C)cc1OC. The molecule has 1 aromatic heterocycles. The first-order valence-electron chi connectivity index (χ1n) is 8.13. The molecule has 1 N–H and O–H groups in total. The number of benzene rings is 1. The van der Waals surface area contributed by atoms with Gasteiger partial charge < -0.3 is 19.4 Å². The molecule has 0 aliphatic heterocycles. The van der Waals surface area contributed by atoms with E-state index in [0.717, 1.165) is 12.2 Å². The van der Waals surface area contributed by atoms with Gasteiger partial charge in [0.2, 0.25) is 0 Å². The summed E-state index contributed by atoms with van der Waals surface area (Å²) >= 11 is 0. The number of nitrogens with one attached hydrogen (secondary N) is 1. The van der Waals surface area contributed by atoms with Gasteiger partial charge in [0.1, 0.15) is 0 Å². The number of carbonyl (C=O) groups excluding carboxylic acids is 1. The second-order valence-electron chi connectivity index (χ2n) is 5.91. The number of aromatic nitrogens is 2. The van der Waals surface area contributed by atoms with Crippen molar-refractivity contribution in [2.75, 3.05) is 13.7 Å². The standard InChI is InChI=1S/C18H25N3O3/c1-5-24-16-7-6-14(8-17(16)23-4)18(22)20-10-15-9-19-12-21(15)11-13(2)3/h6-9,12-13H,5,10-11H2,1-4H3,(H,20,22). The van der Waals surface area contributed by atoms with Gasteiger partial charge in [-0.25, -0.2) is 4.98 Å². The van der Waals surface area contributed by atoms with Crippen LogP contribution in [0.1, 0.15) is 36.8 Å². The Morgan fingerprint density at radius 1 is 1.33 bits per heavy atom. The van der Waals surface area contributed by atoms with E-state index in [2.05, 4.69) is 28.7 Å². The van der Waals surface area contributed by atoms with Crippen molar-refractivity contribution in [2.45, 2.75) is 33.9 Å². The lowest BCUT2D eigenvalue weighted by atomic mass is 10.2. The van der Waals surface area contributed by atoms with E-state index in [-0.39, 0.29) is 5.91 Å². The van der Waals surface area contributed by atoms with Crippen LogP contribution < -0.4 is 14.8 Å². The fourth-order valence-corrected chi connectivity index (χ4v) is 2.41. The number of amides is 1. The second kappa shape index (κ2) is 8.38. The molecule has 0 saturated carbocycles. The minimum absolute atomic E-state index is 0.159. The minimum atomic E-state index is -0.159. The number of nitrogens with zero attached hydrogens (tertiary/aromatic N) is 2. The number of hydrogen-bond acceptors (Lipinski definition) is 4. The van der Waals surface area contributed by atoms with Crippen LogP contribution in [0.3, 0.4) is 0 Å². The Kier molecular flexibility index (Phi) is 6.23. The highest BCUT2D eigenvalue weighted by atomic mass is 16.5. The average Bonchev–Trinajstić information content (AvgIpc) is 2.99. The van der Waals surface area contributed by atoms with Crippen molar-refractivity contribution in [3.63, 3.8) is 0 Å². The van der Waals surface area contributed by atoms with Crippen molar-refractivity contribution < 1.29 is 14.3 Å². The Balaban J connectivity index is 2.04. The molecular formula is C18H25N3O3. The summed E-state index contributed by atoms with van der Waals surface area (Å²) in [5, 5.41) is 2.92. The lowest BCUT2D eigenvalue weighted by Crippen LogP contribution is -2.24. The molecule has 0 bridgehead atoms. The van der Waals surface area contributed by atoms with Crippen molar-refractivity contribution in [2.24, 2.45) is 5.92 Å². The molecule has 2 aromatic rings. The van der Waals surface area contributed by atoms with Crippen LogP contribution in [0.15, 0.2) is 30.7 Å². The molecule has 0 spiro atoms. The first-order chi connectivity index (χ1) is 11.5. The zero-order valence-electron chi connectivity index (χ0n) is 14.7. The lowest BCUT2D eigenvalue weighted by Gasteiger charge is -2.13. The zero-order valence-corrected chi connectivity index (χ0v) is 14.7. The van der Waals surface area contributed by atoms with Crippen molar-refractivity contribution in [1.29, 1.82) is 0 Å². The Morgan fingerprint density at radius 2 is 2.12 bits per heavy atom. The predicted molar refractivity (Wildman–Crippen MR) is 92.4 cm³/mol. The van der Waals surface area contributed by atoms with E-state index in [1.54, 1.807) is 37.8 Å². The van der Waals surface area contributed by atoms with Crippen LogP contribution in [0.4, 0.5) is 0 Å². The summed E-state index contributed by atoms with van der Waals surface area (Å²) in [5.74, 6) is 1.54. The molecule has 24 heavy (non-hydrogen) atoms. The van der Waals surface area contributed by atoms with Gasteiger partial charge in [-0.05, 0) is 31.0 Å². The van der Waals surface area contributed by atoms with Crippen LogP contribution in [0.5, 0.6) is 11.5 Å². The fourth-order valence-electron chi connectivity index (χ4n) is 2.41. The Hall–Kier alpha value is -2.50. The number of hydrogen-bond donors (Lipinski definition) is 1. The van der Waals surface area contributed by atoms with Crippen molar-refractivity contribution in [3.05, 3.63) is 42.0 Å². The van der Waals surface area contributed by atoms with E-state index < -0.39 is 0 Å². The first-order valence-corrected chi connectivity index (χ1v) is 8.13. The molecule has 1 heterocycles. The average molecular weight is 331 g/mol. The van der Waals surface area contributed by atoms with Crippen LogP contribution in [0, 0.1) is 5.92 Å². The van der Waals surface area contributed by atoms with Crippen LogP contribution in [0.2, 0.25) is 0 Å². The topological polar surface area (TPSA) is 65.4 Å². The van der Waals surface area contributed by atoms with Gasteiger partial charge in [-0.1, -0.05) is 13.8 Å². The van der Waals surface area contributed by atoms with Gasteiger partial charge in [-0.3, -0.25) is 4.79 Å². The normalized spacial score (nSPS) is 10.7. The van der Waals surface area contributed by atoms with E-state index in [0.29, 0.717) is 36.1 Å². The molecule has 6 heteroatoms. The van der Waals surface area contributed by atoms with Gasteiger partial charge in [0.05, 0.1) is 32.3 Å². The van der Waals surface area contributed by atoms with E-state index in [1.165, 1.54) is 0 Å². The molecule has 0 aliphatic rings. The number of methoxy groups -OCH3 is 1. The van der Waals surface area contributed by atoms with Crippen LogP contribution in [-0.2, 0) is 13.1 Å². The molecular weight excluding hydrogens is 306 g/mol. The third kappa shape index (κ3) is 4.50. The van der Waals surface area contributed by atoms with Gasteiger partial charge in [-0.2, -0.15) is 0 Å². The highest BCUT2D eigenvalue weighted by Crippen LogP contribution is 2.28. The fraction of sp³-hybridized carbons (Fsp3) is 0.444. The van der Waals surface area contributed by atoms with Crippen molar-refractivity contribution >= 4 is 5.91 Å². The molecule has 1 aromatic carbocycles. The number of ether oxygens (including phenoxy) is 2. The monoisotopic (exact) mass is 331 g/mol. The number of imidazole rings is 1. The zero-order chi connectivity index (χ0) is 17.5. The van der Waals surface area contributed by atoms with E-state index >= 15 is 0 Å². The third-order valence-electron chi connectivity index (χ3n) is 3.52. The predicted octanol–water partition coefficient (Wildman–Crippen LogP) is 2.88. The van der Waals surface area contributed by atoms with Crippen LogP contribution >= 0.6 is 0 Å². The molecule has 0 saturated heterocycles. The molecule has 0 unspecified atom stereocenters. The summed E-state index contributed by atoms with van der Waals surface area (Å²) in [6, 6.07) is 5.17. The summed E-state index contributed by atoms with van der Waals surface area (Å²) in [6.07, 6.45) is 3.57. The summed E-state index contributed by atoms with van der Waals surface area (Å²) in [6.45, 7) is 8.05. The number of rotatable bonds is 8.